The van der Waals surface area contributed by atoms with Crippen molar-refractivity contribution < 1.29 is 23.7 Å². The number of ether oxygens (including phenoxy) is 4. The van der Waals surface area contributed by atoms with Crippen molar-refractivity contribution in [3.63, 3.8) is 0 Å². The maximum absolute atomic E-state index is 11.7. The molecular weight excluding hydrogens is 321 g/mol. The summed E-state index contributed by atoms with van der Waals surface area (Å²) in [4.78, 5) is 15.4. The molecule has 0 bridgehead atoms. The van der Waals surface area contributed by atoms with Gasteiger partial charge in [-0.1, -0.05) is 23.2 Å². The lowest BCUT2D eigenvalue weighted by molar-refractivity contribution is 0.00570. The van der Waals surface area contributed by atoms with Crippen molar-refractivity contribution in [2.45, 2.75) is 0 Å². The van der Waals surface area contributed by atoms with Crippen LogP contribution in [0.25, 0.3) is 0 Å². The molecule has 0 fully saturated rings. The van der Waals surface area contributed by atoms with Crippen LogP contribution >= 0.6 is 23.2 Å². The van der Waals surface area contributed by atoms with Crippen molar-refractivity contribution in [1.29, 1.82) is 0 Å². The molecule has 21 heavy (non-hydrogen) atoms. The molecule has 0 spiro atoms. The number of carbonyl (C=O) groups excluding carboxylic acids is 1. The summed E-state index contributed by atoms with van der Waals surface area (Å²) in [7, 11) is 1.61. The summed E-state index contributed by atoms with van der Waals surface area (Å²) in [5, 5.41) is 0.276. The Hall–Kier alpha value is -0.920. The van der Waals surface area contributed by atoms with Crippen molar-refractivity contribution in [2.24, 2.45) is 0 Å². The van der Waals surface area contributed by atoms with Gasteiger partial charge in [0, 0.05) is 7.11 Å². The predicted octanol–water partition coefficient (Wildman–Crippen LogP) is 2.22. The fourth-order valence-corrected chi connectivity index (χ4v) is 1.78. The molecule has 0 saturated heterocycles. The molecule has 0 saturated carbocycles. The topological polar surface area (TPSA) is 66.9 Å². The molecule has 8 heteroatoms. The molecular formula is C13H17Cl2NO5. The number of esters is 1. The van der Waals surface area contributed by atoms with E-state index in [1.54, 1.807) is 7.11 Å². The van der Waals surface area contributed by atoms with E-state index < -0.39 is 5.97 Å². The predicted molar refractivity (Wildman–Crippen MR) is 78.1 cm³/mol. The smallest absolute Gasteiger partial charge is 0.338 e. The van der Waals surface area contributed by atoms with Gasteiger partial charge in [-0.05, 0) is 12.1 Å². The molecule has 1 heterocycles. The van der Waals surface area contributed by atoms with Crippen LogP contribution in [0.5, 0.6) is 0 Å². The second-order valence-electron chi connectivity index (χ2n) is 3.85. The Morgan fingerprint density at radius 2 is 1.52 bits per heavy atom. The third-order valence-electron chi connectivity index (χ3n) is 2.26. The zero-order valence-electron chi connectivity index (χ0n) is 11.6. The van der Waals surface area contributed by atoms with Gasteiger partial charge in [0.1, 0.15) is 16.9 Å². The van der Waals surface area contributed by atoms with Gasteiger partial charge >= 0.3 is 5.97 Å². The highest BCUT2D eigenvalue weighted by molar-refractivity contribution is 6.32. The van der Waals surface area contributed by atoms with E-state index in [9.17, 15) is 4.79 Å². The Bertz CT molecular complexity index is 424. The minimum Gasteiger partial charge on any atom is -0.460 e. The quantitative estimate of drug-likeness (QED) is 0.370. The number of rotatable bonds is 10. The number of carbonyl (C=O) groups is 1. The van der Waals surface area contributed by atoms with E-state index >= 15 is 0 Å². The van der Waals surface area contributed by atoms with Crippen LogP contribution in [0.3, 0.4) is 0 Å². The molecule has 0 aromatic carbocycles. The van der Waals surface area contributed by atoms with Crippen LogP contribution in [-0.2, 0) is 18.9 Å². The molecule has 0 aliphatic rings. The van der Waals surface area contributed by atoms with E-state index in [2.05, 4.69) is 4.98 Å². The Morgan fingerprint density at radius 3 is 2.10 bits per heavy atom. The molecule has 0 unspecified atom stereocenters. The van der Waals surface area contributed by atoms with Crippen LogP contribution in [0.4, 0.5) is 0 Å². The summed E-state index contributed by atoms with van der Waals surface area (Å²) in [6.45, 7) is 2.38. The molecule has 0 aliphatic carbocycles. The molecule has 1 aromatic heterocycles. The molecule has 0 amide bonds. The summed E-state index contributed by atoms with van der Waals surface area (Å²) in [5.74, 6) is -0.527. The third kappa shape index (κ3) is 8.18. The van der Waals surface area contributed by atoms with Gasteiger partial charge < -0.3 is 18.9 Å². The van der Waals surface area contributed by atoms with Crippen LogP contribution in [0.1, 0.15) is 10.4 Å². The van der Waals surface area contributed by atoms with Crippen LogP contribution in [0, 0.1) is 0 Å². The average molecular weight is 338 g/mol. The minimum absolute atomic E-state index is 0.133. The molecule has 118 valence electrons. The number of hydrogen-bond acceptors (Lipinski definition) is 6. The Labute approximate surface area is 133 Å². The average Bonchev–Trinajstić information content (AvgIpc) is 2.44. The van der Waals surface area contributed by atoms with Crippen molar-refractivity contribution in [3.05, 3.63) is 28.0 Å². The Kier molecular flexibility index (Phi) is 9.29. The summed E-state index contributed by atoms with van der Waals surface area (Å²) in [5.41, 5.74) is 0.253. The summed E-state index contributed by atoms with van der Waals surface area (Å²) in [6.07, 6.45) is 0. The number of nitrogens with zero attached hydrogens (tertiary/aromatic N) is 1. The van der Waals surface area contributed by atoms with E-state index in [0.29, 0.717) is 26.4 Å². The van der Waals surface area contributed by atoms with Gasteiger partial charge in [0.25, 0.3) is 0 Å². The zero-order valence-corrected chi connectivity index (χ0v) is 13.2. The fraction of sp³-hybridized carbons (Fsp3) is 0.538. The van der Waals surface area contributed by atoms with E-state index in [4.69, 9.17) is 42.1 Å². The normalized spacial score (nSPS) is 10.6. The monoisotopic (exact) mass is 337 g/mol. The third-order valence-corrected chi connectivity index (χ3v) is 2.65. The second kappa shape index (κ2) is 10.8. The highest BCUT2D eigenvalue weighted by Crippen LogP contribution is 2.15. The molecule has 1 rings (SSSR count). The van der Waals surface area contributed by atoms with Gasteiger partial charge in [-0.3, -0.25) is 0 Å². The second-order valence-corrected chi connectivity index (χ2v) is 4.63. The van der Waals surface area contributed by atoms with Crippen LogP contribution in [-0.4, -0.2) is 57.7 Å². The highest BCUT2D eigenvalue weighted by Gasteiger charge is 2.09. The standard InChI is InChI=1S/C13H17Cl2NO5/c1-18-2-3-19-4-5-20-6-7-21-13(17)10-8-11(14)16-12(15)9-10/h8-9H,2-7H2,1H3. The van der Waals surface area contributed by atoms with Gasteiger partial charge in [-0.2, -0.15) is 0 Å². The van der Waals surface area contributed by atoms with Gasteiger partial charge in [0.15, 0.2) is 0 Å². The van der Waals surface area contributed by atoms with Crippen molar-refractivity contribution in [3.8, 4) is 0 Å². The van der Waals surface area contributed by atoms with Crippen molar-refractivity contribution in [2.75, 3.05) is 46.8 Å². The van der Waals surface area contributed by atoms with Crippen LogP contribution in [0.2, 0.25) is 10.3 Å². The lowest BCUT2D eigenvalue weighted by atomic mass is 10.3. The minimum atomic E-state index is -0.527. The maximum Gasteiger partial charge on any atom is 0.338 e. The Balaban J connectivity index is 2.11. The lowest BCUT2D eigenvalue weighted by Crippen LogP contribution is -2.14. The van der Waals surface area contributed by atoms with Crippen LogP contribution < -0.4 is 0 Å². The largest absolute Gasteiger partial charge is 0.460 e. The first kappa shape index (κ1) is 18.1. The van der Waals surface area contributed by atoms with E-state index in [1.807, 2.05) is 0 Å². The number of halogens is 2. The molecule has 0 aliphatic heterocycles. The SMILES string of the molecule is COCCOCCOCCOC(=O)c1cc(Cl)nc(Cl)c1. The molecule has 0 radical (unpaired) electrons. The lowest BCUT2D eigenvalue weighted by Gasteiger charge is -2.07. The number of pyridine rings is 1. The van der Waals surface area contributed by atoms with Crippen molar-refractivity contribution in [1.82, 2.24) is 4.98 Å². The van der Waals surface area contributed by atoms with E-state index in [0.717, 1.165) is 0 Å². The van der Waals surface area contributed by atoms with Crippen molar-refractivity contribution >= 4 is 29.2 Å². The zero-order chi connectivity index (χ0) is 15.5. The highest BCUT2D eigenvalue weighted by atomic mass is 35.5. The van der Waals surface area contributed by atoms with E-state index in [1.165, 1.54) is 12.1 Å². The maximum atomic E-state index is 11.7. The molecule has 6 nitrogen and oxygen atoms in total. The molecule has 0 N–H and O–H groups in total. The van der Waals surface area contributed by atoms with Crippen LogP contribution in [0.15, 0.2) is 12.1 Å². The Morgan fingerprint density at radius 1 is 1.00 bits per heavy atom. The number of aromatic nitrogens is 1. The first-order valence-corrected chi connectivity index (χ1v) is 7.03. The number of hydrogen-bond donors (Lipinski definition) is 0. The summed E-state index contributed by atoms with van der Waals surface area (Å²) >= 11 is 11.4. The van der Waals surface area contributed by atoms with Gasteiger partial charge in [0.2, 0.25) is 0 Å². The van der Waals surface area contributed by atoms with Gasteiger partial charge in [0.05, 0.1) is 38.6 Å². The summed E-state index contributed by atoms with van der Waals surface area (Å²) in [6, 6.07) is 2.78. The molecule has 1 aromatic rings. The van der Waals surface area contributed by atoms with Gasteiger partial charge in [-0.15, -0.1) is 0 Å². The first-order chi connectivity index (χ1) is 10.1. The molecule has 0 atom stereocenters. The van der Waals surface area contributed by atoms with E-state index in [-0.39, 0.29) is 29.1 Å². The fourth-order valence-electron chi connectivity index (χ4n) is 1.32. The summed E-state index contributed by atoms with van der Waals surface area (Å²) < 4.78 is 20.3. The van der Waals surface area contributed by atoms with Gasteiger partial charge in [-0.25, -0.2) is 9.78 Å². The first-order valence-electron chi connectivity index (χ1n) is 6.28. The number of methoxy groups -OCH3 is 1.